The van der Waals surface area contributed by atoms with Crippen LogP contribution in [0.1, 0.15) is 35.8 Å². The van der Waals surface area contributed by atoms with Crippen molar-refractivity contribution >= 4 is 0 Å². The molecule has 3 rings (SSSR count). The average Bonchev–Trinajstić information content (AvgIpc) is 2.85. The fourth-order valence-electron chi connectivity index (χ4n) is 2.09. The predicted octanol–water partition coefficient (Wildman–Crippen LogP) is 1.04. The summed E-state index contributed by atoms with van der Waals surface area (Å²) < 4.78 is 1.94. The van der Waals surface area contributed by atoms with Crippen LogP contribution in [0.5, 0.6) is 0 Å². The lowest BCUT2D eigenvalue weighted by Crippen LogP contribution is -2.12. The maximum Gasteiger partial charge on any atom is 0.143 e. The lowest BCUT2D eigenvalue weighted by molar-refractivity contribution is 0.344. The Morgan fingerprint density at radius 3 is 2.86 bits per heavy atom. The summed E-state index contributed by atoms with van der Waals surface area (Å²) >= 11 is 0. The van der Waals surface area contributed by atoms with Crippen molar-refractivity contribution in [1.82, 2.24) is 14.7 Å². The van der Waals surface area contributed by atoms with E-state index >= 15 is 0 Å². The molecule has 1 saturated carbocycles. The number of hydrogen-bond donors (Lipinski definition) is 0. The minimum atomic E-state index is 0.514. The number of nitrogens with zero attached hydrogens (tertiary/aromatic N) is 4. The highest BCUT2D eigenvalue weighted by molar-refractivity contribution is 5.38. The third kappa shape index (κ3) is 0.992. The van der Waals surface area contributed by atoms with Crippen LogP contribution >= 0.6 is 0 Å². The molecule has 0 N–H and O–H groups in total. The van der Waals surface area contributed by atoms with Crippen LogP contribution in [0.15, 0.2) is 0 Å². The second kappa shape index (κ2) is 2.58. The van der Waals surface area contributed by atoms with Gasteiger partial charge in [-0.15, -0.1) is 0 Å². The summed E-state index contributed by atoms with van der Waals surface area (Å²) in [5.74, 6) is 0. The number of nitriles is 1. The molecule has 0 amide bonds. The molecule has 1 aliphatic carbocycles. The van der Waals surface area contributed by atoms with Crippen molar-refractivity contribution in [3.63, 3.8) is 0 Å². The second-order valence-electron chi connectivity index (χ2n) is 4.23. The predicted molar refractivity (Wildman–Crippen MR) is 50.4 cm³/mol. The van der Waals surface area contributed by atoms with E-state index in [9.17, 15) is 0 Å². The van der Waals surface area contributed by atoms with Gasteiger partial charge in [-0.2, -0.15) is 10.4 Å². The third-order valence-corrected chi connectivity index (χ3v) is 2.94. The van der Waals surface area contributed by atoms with Gasteiger partial charge in [0.2, 0.25) is 0 Å². The molecule has 0 saturated heterocycles. The third-order valence-electron chi connectivity index (χ3n) is 2.94. The van der Waals surface area contributed by atoms with Crippen molar-refractivity contribution in [2.75, 3.05) is 7.05 Å². The summed E-state index contributed by atoms with van der Waals surface area (Å²) in [5, 5.41) is 13.6. The monoisotopic (exact) mass is 188 g/mol. The van der Waals surface area contributed by atoms with Crippen molar-refractivity contribution in [2.45, 2.75) is 32.0 Å². The molecule has 2 heterocycles. The summed E-state index contributed by atoms with van der Waals surface area (Å²) in [4.78, 5) is 2.19. The van der Waals surface area contributed by atoms with Crippen LogP contribution in [0.25, 0.3) is 0 Å². The zero-order valence-corrected chi connectivity index (χ0v) is 8.19. The molecule has 0 atom stereocenters. The van der Waals surface area contributed by atoms with Crippen LogP contribution in [0.4, 0.5) is 0 Å². The van der Waals surface area contributed by atoms with Crippen molar-refractivity contribution < 1.29 is 0 Å². The number of rotatable bonds is 1. The Balaban J connectivity index is 2.09. The summed E-state index contributed by atoms with van der Waals surface area (Å²) in [7, 11) is 2.06. The van der Waals surface area contributed by atoms with E-state index in [-0.39, 0.29) is 0 Å². The second-order valence-corrected chi connectivity index (χ2v) is 4.23. The van der Waals surface area contributed by atoms with Gasteiger partial charge in [0, 0.05) is 18.7 Å². The Labute approximate surface area is 82.7 Å². The molecule has 1 fully saturated rings. The first-order chi connectivity index (χ1) is 6.79. The summed E-state index contributed by atoms with van der Waals surface area (Å²) in [5.41, 5.74) is 3.06. The highest BCUT2D eigenvalue weighted by Gasteiger charge is 2.32. The first kappa shape index (κ1) is 8.01. The molecular weight excluding hydrogens is 176 g/mol. The lowest BCUT2D eigenvalue weighted by Gasteiger charge is -2.07. The summed E-state index contributed by atoms with van der Waals surface area (Å²) in [6, 6.07) is 2.81. The van der Waals surface area contributed by atoms with Crippen molar-refractivity contribution in [3.8, 4) is 6.07 Å². The maximum atomic E-state index is 9.11. The van der Waals surface area contributed by atoms with E-state index in [2.05, 4.69) is 23.1 Å². The van der Waals surface area contributed by atoms with E-state index in [4.69, 9.17) is 5.26 Å². The van der Waals surface area contributed by atoms with Gasteiger partial charge in [-0.25, -0.2) is 0 Å². The average molecular weight is 188 g/mol. The van der Waals surface area contributed by atoms with Crippen LogP contribution < -0.4 is 0 Å². The first-order valence-electron chi connectivity index (χ1n) is 4.98. The van der Waals surface area contributed by atoms with Crippen LogP contribution in [-0.2, 0) is 13.1 Å². The van der Waals surface area contributed by atoms with E-state index in [1.165, 1.54) is 12.8 Å². The van der Waals surface area contributed by atoms with Gasteiger partial charge in [0.15, 0.2) is 0 Å². The largest absolute Gasteiger partial charge is 0.296 e. The molecule has 0 unspecified atom stereocenters. The Hall–Kier alpha value is -1.34. The SMILES string of the molecule is CN1Cc2nn(C3CC3)c(C#N)c2C1. The van der Waals surface area contributed by atoms with Crippen molar-refractivity contribution in [2.24, 2.45) is 0 Å². The topological polar surface area (TPSA) is 44.9 Å². The molecule has 1 aliphatic heterocycles. The Morgan fingerprint density at radius 1 is 1.43 bits per heavy atom. The van der Waals surface area contributed by atoms with Gasteiger partial charge in [-0.1, -0.05) is 0 Å². The number of aromatic nitrogens is 2. The van der Waals surface area contributed by atoms with Gasteiger partial charge in [0.25, 0.3) is 0 Å². The maximum absolute atomic E-state index is 9.11. The Morgan fingerprint density at radius 2 is 2.21 bits per heavy atom. The van der Waals surface area contributed by atoms with Crippen molar-refractivity contribution in [3.05, 3.63) is 17.0 Å². The molecule has 0 radical (unpaired) electrons. The highest BCUT2D eigenvalue weighted by Crippen LogP contribution is 2.37. The molecule has 1 aromatic rings. The zero-order chi connectivity index (χ0) is 9.71. The van der Waals surface area contributed by atoms with Crippen LogP contribution in [0, 0.1) is 11.3 Å². The normalized spacial score (nSPS) is 20.9. The Kier molecular flexibility index (Phi) is 1.48. The molecule has 14 heavy (non-hydrogen) atoms. The fraction of sp³-hybridized carbons (Fsp3) is 0.600. The summed E-state index contributed by atoms with van der Waals surface area (Å²) in [6.45, 7) is 1.77. The standard InChI is InChI=1S/C10H12N4/c1-13-5-8-9(6-13)12-14(7-2-3-7)10(8)4-11/h7H,2-3,5-6H2,1H3. The van der Waals surface area contributed by atoms with Crippen LogP contribution in [-0.4, -0.2) is 21.7 Å². The molecule has 2 aliphatic rings. The van der Waals surface area contributed by atoms with Crippen molar-refractivity contribution in [1.29, 1.82) is 5.26 Å². The van der Waals surface area contributed by atoms with E-state index in [0.717, 1.165) is 30.0 Å². The van der Waals surface area contributed by atoms with E-state index in [0.29, 0.717) is 6.04 Å². The van der Waals surface area contributed by atoms with Gasteiger partial charge in [0.1, 0.15) is 11.8 Å². The van der Waals surface area contributed by atoms with Crippen LogP contribution in [0.2, 0.25) is 0 Å². The van der Waals surface area contributed by atoms with E-state index in [1.54, 1.807) is 0 Å². The fourth-order valence-corrected chi connectivity index (χ4v) is 2.09. The molecule has 4 nitrogen and oxygen atoms in total. The smallest absolute Gasteiger partial charge is 0.143 e. The van der Waals surface area contributed by atoms with Gasteiger partial charge < -0.3 is 0 Å². The van der Waals surface area contributed by atoms with Gasteiger partial charge in [-0.05, 0) is 19.9 Å². The van der Waals surface area contributed by atoms with E-state index in [1.807, 2.05) is 4.68 Å². The summed E-state index contributed by atoms with van der Waals surface area (Å²) in [6.07, 6.45) is 2.37. The minimum Gasteiger partial charge on any atom is -0.296 e. The molecule has 0 bridgehead atoms. The first-order valence-corrected chi connectivity index (χ1v) is 4.98. The molecule has 0 aromatic carbocycles. The van der Waals surface area contributed by atoms with Gasteiger partial charge in [0.05, 0.1) is 11.7 Å². The molecule has 4 heteroatoms. The minimum absolute atomic E-state index is 0.514. The molecule has 1 aromatic heterocycles. The molecule has 72 valence electrons. The zero-order valence-electron chi connectivity index (χ0n) is 8.19. The van der Waals surface area contributed by atoms with Gasteiger partial charge >= 0.3 is 0 Å². The molecule has 0 spiro atoms. The number of fused-ring (bicyclic) bond motifs is 1. The van der Waals surface area contributed by atoms with Gasteiger partial charge in [-0.3, -0.25) is 9.58 Å². The lowest BCUT2D eigenvalue weighted by atomic mass is 10.2. The highest BCUT2D eigenvalue weighted by atomic mass is 15.3. The van der Waals surface area contributed by atoms with E-state index < -0.39 is 0 Å². The number of hydrogen-bond acceptors (Lipinski definition) is 3. The molecular formula is C10H12N4. The Bertz CT molecular complexity index is 422. The van der Waals surface area contributed by atoms with Crippen LogP contribution in [0.3, 0.4) is 0 Å². The quantitative estimate of drug-likeness (QED) is 0.661.